The Kier molecular flexibility index (Phi) is 30.5. The van der Waals surface area contributed by atoms with Crippen LogP contribution in [0.15, 0.2) is 0 Å². The molecule has 0 aliphatic rings. The molecule has 0 saturated heterocycles. The first-order chi connectivity index (χ1) is 10.0. The van der Waals surface area contributed by atoms with Gasteiger partial charge in [-0.3, -0.25) is 0 Å². The normalized spacial score (nSPS) is 11.1. The molecule has 0 spiro atoms. The second-order valence-corrected chi connectivity index (χ2v) is 2.47. The van der Waals surface area contributed by atoms with Gasteiger partial charge in [0.25, 0.3) is 0 Å². The molecule has 0 fully saturated rings. The van der Waals surface area contributed by atoms with Gasteiger partial charge in [0, 0.05) is 0 Å². The summed E-state index contributed by atoms with van der Waals surface area (Å²) < 4.78 is 195. The van der Waals surface area contributed by atoms with Crippen LogP contribution in [0.1, 0.15) is 0 Å². The van der Waals surface area contributed by atoms with Gasteiger partial charge in [0.05, 0.1) is 0 Å². The van der Waals surface area contributed by atoms with Gasteiger partial charge in [-0.15, -0.1) is 0 Å². The molecule has 0 saturated carbocycles. The van der Waals surface area contributed by atoms with Crippen molar-refractivity contribution in [3.63, 3.8) is 0 Å². The Bertz CT molecular complexity index is 178. The molecule has 0 heterocycles. The number of hydrogen-bond acceptors (Lipinski definition) is 0. The smallest absolute Gasteiger partial charge is 0.418 e. The van der Waals surface area contributed by atoms with Gasteiger partial charge in [-0.2, -0.15) is 0 Å². The molecule has 27 heavy (non-hydrogen) atoms. The Hall–Kier alpha value is -0.0234. The molecule has 0 aromatic heterocycles. The molecule has 0 atom stereocenters. The summed E-state index contributed by atoms with van der Waals surface area (Å²) in [6, 6.07) is 0. The van der Waals surface area contributed by atoms with E-state index in [2.05, 4.69) is 0 Å². The van der Waals surface area contributed by atoms with Crippen LogP contribution in [0.4, 0.5) is 86.3 Å². The van der Waals surface area contributed by atoms with Crippen molar-refractivity contribution >= 4 is 36.3 Å². The van der Waals surface area contributed by atoms with Gasteiger partial charge in [0.15, 0.2) is 0 Å². The van der Waals surface area contributed by atoms with Gasteiger partial charge in [0.1, 0.15) is 0 Å². The summed E-state index contributed by atoms with van der Waals surface area (Å²) in [5.74, 6) is 0. The zero-order valence-electron chi connectivity index (χ0n) is 11.2. The van der Waals surface area contributed by atoms with E-state index in [1.165, 1.54) is 0 Å². The molecule has 2 radical (unpaired) electrons. The van der Waals surface area contributed by atoms with Crippen molar-refractivity contribution in [2.45, 2.75) is 0 Å². The maximum absolute atomic E-state index is 9.75. The molecule has 0 rings (SSSR count). The van der Waals surface area contributed by atoms with Crippen molar-refractivity contribution in [2.24, 2.45) is 0 Å². The van der Waals surface area contributed by atoms with Crippen LogP contribution in [0.2, 0.25) is 0 Å². The Labute approximate surface area is 157 Å². The Morgan fingerprint density at radius 1 is 0.222 bits per heavy atom. The van der Waals surface area contributed by atoms with Crippen molar-refractivity contribution in [3.05, 3.63) is 0 Å². The molecule has 0 nitrogen and oxygen atoms in total. The Morgan fingerprint density at radius 2 is 0.222 bits per heavy atom. The van der Waals surface area contributed by atoms with Gasteiger partial charge < -0.3 is 86.3 Å². The van der Waals surface area contributed by atoms with E-state index in [1.807, 2.05) is 0 Å². The Balaban J connectivity index is -0.0000000364. The molecular formula is B5CrCuF20. The number of rotatable bonds is 0. The third kappa shape index (κ3) is 27300000. The van der Waals surface area contributed by atoms with E-state index >= 15 is 0 Å². The van der Waals surface area contributed by atoms with Crippen LogP contribution in [0.25, 0.3) is 0 Å². The van der Waals surface area contributed by atoms with E-state index in [9.17, 15) is 86.3 Å². The van der Waals surface area contributed by atoms with Gasteiger partial charge in [0.2, 0.25) is 0 Å². The average Bonchev–Trinajstić information content (AvgIpc) is 1.79. The first-order valence-electron chi connectivity index (χ1n) is 4.36. The fraction of sp³-hybridized carbons (Fsp3) is 0. The monoisotopic (exact) mass is 550 g/mol. The summed E-state index contributed by atoms with van der Waals surface area (Å²) in [5, 5.41) is 0. The fourth-order valence-corrected chi connectivity index (χ4v) is 0. The first kappa shape index (κ1) is 45.6. The van der Waals surface area contributed by atoms with Gasteiger partial charge >= 0.3 is 70.7 Å². The minimum atomic E-state index is -6.00. The topological polar surface area (TPSA) is 0 Å². The summed E-state index contributed by atoms with van der Waals surface area (Å²) in [5.41, 5.74) is 0. The van der Waals surface area contributed by atoms with Crippen LogP contribution < -0.4 is 0 Å². The summed E-state index contributed by atoms with van der Waals surface area (Å²) in [7, 11) is -30.0. The van der Waals surface area contributed by atoms with Gasteiger partial charge in [-0.05, 0) is 0 Å². The molecule has 0 aromatic carbocycles. The predicted octanol–water partition coefficient (Wildman–Crippen LogP) is 6.50. The predicted molar refractivity (Wildman–Crippen MR) is 50.9 cm³/mol. The molecule has 0 N–H and O–H groups in total. The summed E-state index contributed by atoms with van der Waals surface area (Å²) in [6.07, 6.45) is 0. The van der Waals surface area contributed by atoms with E-state index in [0.717, 1.165) is 0 Å². The third-order valence-corrected chi connectivity index (χ3v) is 0. The van der Waals surface area contributed by atoms with Crippen LogP contribution in [0.5, 0.6) is 0 Å². The average molecular weight is 550 g/mol. The van der Waals surface area contributed by atoms with Crippen molar-refractivity contribution in [2.75, 3.05) is 0 Å². The van der Waals surface area contributed by atoms with E-state index < -0.39 is 36.3 Å². The number of halogens is 20. The summed E-state index contributed by atoms with van der Waals surface area (Å²) in [4.78, 5) is 0. The minimum absolute atomic E-state index is 0. The standard InChI is InChI=1S/5BF4.Cr.Cu/c5*2-1(3,4)5;;/q5*-1;+3;+2. The van der Waals surface area contributed by atoms with Crippen molar-refractivity contribution in [1.29, 1.82) is 0 Å². The second-order valence-electron chi connectivity index (χ2n) is 2.47. The van der Waals surface area contributed by atoms with Gasteiger partial charge in [-0.25, -0.2) is 0 Å². The van der Waals surface area contributed by atoms with Crippen LogP contribution in [0, 0.1) is 0 Å². The zero-order chi connectivity index (χ0) is 22.5. The molecule has 0 bridgehead atoms. The summed E-state index contributed by atoms with van der Waals surface area (Å²) in [6.45, 7) is 0. The minimum Gasteiger partial charge on any atom is -0.418 e. The largest absolute Gasteiger partial charge is 3.00 e. The molecule has 0 unspecified atom stereocenters. The van der Waals surface area contributed by atoms with Crippen LogP contribution >= 0.6 is 0 Å². The first-order valence-corrected chi connectivity index (χ1v) is 4.36. The van der Waals surface area contributed by atoms with E-state index in [4.69, 9.17) is 0 Å². The molecule has 0 amide bonds. The van der Waals surface area contributed by atoms with Crippen LogP contribution in [0.3, 0.4) is 0 Å². The maximum atomic E-state index is 9.75. The summed E-state index contributed by atoms with van der Waals surface area (Å²) >= 11 is 0. The fourth-order valence-electron chi connectivity index (χ4n) is 0. The van der Waals surface area contributed by atoms with Crippen molar-refractivity contribution < 1.29 is 121 Å². The van der Waals surface area contributed by atoms with E-state index in [-0.39, 0.29) is 34.4 Å². The zero-order valence-corrected chi connectivity index (χ0v) is 13.4. The molecule has 0 aliphatic heterocycles. The quantitative estimate of drug-likeness (QED) is 0.239. The number of hydrogen-bond donors (Lipinski definition) is 0. The SMILES string of the molecule is F[B-](F)(F)F.F[B-](F)(F)F.F[B-](F)(F)F.F[B-](F)(F)F.F[B-](F)(F)F.[Cr+3].[Cu+2]. The van der Waals surface area contributed by atoms with Crippen LogP contribution in [-0.4, -0.2) is 36.3 Å². The molecule has 27 heteroatoms. The van der Waals surface area contributed by atoms with E-state index in [1.54, 1.807) is 0 Å². The molecule has 0 aromatic rings. The van der Waals surface area contributed by atoms with E-state index in [0.29, 0.717) is 0 Å². The van der Waals surface area contributed by atoms with Crippen molar-refractivity contribution in [3.8, 4) is 0 Å². The van der Waals surface area contributed by atoms with Crippen molar-refractivity contribution in [1.82, 2.24) is 0 Å². The molecule has 0 aliphatic carbocycles. The molecule has 172 valence electrons. The van der Waals surface area contributed by atoms with Crippen LogP contribution in [-0.2, 0) is 34.4 Å². The second kappa shape index (κ2) is 18.0. The Morgan fingerprint density at radius 3 is 0.222 bits per heavy atom. The van der Waals surface area contributed by atoms with Gasteiger partial charge in [-0.1, -0.05) is 0 Å². The molecular weight excluding hydrogens is 550 g/mol. The maximum Gasteiger partial charge on any atom is 3.00 e. The third-order valence-electron chi connectivity index (χ3n) is 0.